The van der Waals surface area contributed by atoms with Crippen LogP contribution in [0.1, 0.15) is 0 Å². The van der Waals surface area contributed by atoms with E-state index in [1.54, 1.807) is 0 Å². The molecular formula is C9H14FN6O4P. The van der Waals surface area contributed by atoms with Crippen molar-refractivity contribution in [2.24, 2.45) is 0 Å². The summed E-state index contributed by atoms with van der Waals surface area (Å²) in [5, 5.41) is 0. The van der Waals surface area contributed by atoms with Gasteiger partial charge in [-0.2, -0.15) is 9.97 Å². The Morgan fingerprint density at radius 1 is 1.43 bits per heavy atom. The Balaban J connectivity index is 2.20. The van der Waals surface area contributed by atoms with Crippen LogP contribution in [0.2, 0.25) is 0 Å². The molecule has 10 nitrogen and oxygen atoms in total. The van der Waals surface area contributed by atoms with E-state index in [-0.39, 0.29) is 18.3 Å². The van der Waals surface area contributed by atoms with E-state index in [1.807, 2.05) is 0 Å². The van der Waals surface area contributed by atoms with Crippen LogP contribution in [0.15, 0.2) is 6.33 Å². The van der Waals surface area contributed by atoms with Crippen molar-refractivity contribution in [1.29, 1.82) is 0 Å². The predicted octanol–water partition coefficient (Wildman–Crippen LogP) is -0.519. The maximum absolute atomic E-state index is 12.9. The molecule has 0 unspecified atom stereocenters. The summed E-state index contributed by atoms with van der Waals surface area (Å²) in [5.41, 5.74) is 11.7. The number of aromatic nitrogens is 4. The number of ether oxygens (including phenoxy) is 1. The third-order valence-electron chi connectivity index (χ3n) is 2.56. The summed E-state index contributed by atoms with van der Waals surface area (Å²) in [6, 6.07) is 0. The van der Waals surface area contributed by atoms with Gasteiger partial charge in [-0.05, 0) is 0 Å². The summed E-state index contributed by atoms with van der Waals surface area (Å²) in [6.45, 7) is -0.987. The number of nitrogen functional groups attached to an aromatic ring is 2. The largest absolute Gasteiger partial charge is 0.382 e. The molecule has 2 rings (SSSR count). The van der Waals surface area contributed by atoms with Crippen molar-refractivity contribution in [2.45, 2.75) is 12.6 Å². The van der Waals surface area contributed by atoms with Gasteiger partial charge in [-0.15, -0.1) is 0 Å². The molecule has 0 aliphatic carbocycles. The third kappa shape index (κ3) is 3.85. The van der Waals surface area contributed by atoms with Gasteiger partial charge in [-0.1, -0.05) is 0 Å². The van der Waals surface area contributed by atoms with Gasteiger partial charge < -0.3 is 30.6 Å². The first-order valence-corrected chi connectivity index (χ1v) is 7.56. The summed E-state index contributed by atoms with van der Waals surface area (Å²) < 4.78 is 29.9. The Morgan fingerprint density at radius 3 is 2.76 bits per heavy atom. The lowest BCUT2D eigenvalue weighted by Gasteiger charge is -2.15. The third-order valence-corrected chi connectivity index (χ3v) is 3.04. The Bertz CT molecular complexity index is 688. The van der Waals surface area contributed by atoms with Crippen molar-refractivity contribution in [3.8, 4) is 0 Å². The van der Waals surface area contributed by atoms with Crippen LogP contribution in [-0.4, -0.2) is 48.4 Å². The minimum absolute atomic E-state index is 0.0527. The van der Waals surface area contributed by atoms with E-state index < -0.39 is 26.7 Å². The molecule has 0 aliphatic rings. The first-order valence-electron chi connectivity index (χ1n) is 5.76. The number of nitrogens with two attached hydrogens (primary N) is 2. The van der Waals surface area contributed by atoms with Gasteiger partial charge in [0.05, 0.1) is 12.9 Å². The van der Waals surface area contributed by atoms with E-state index in [9.17, 15) is 8.96 Å². The molecule has 6 N–H and O–H groups in total. The van der Waals surface area contributed by atoms with Gasteiger partial charge in [0, 0.05) is 0 Å². The van der Waals surface area contributed by atoms with E-state index in [2.05, 4.69) is 15.0 Å². The second-order valence-corrected chi connectivity index (χ2v) is 5.86. The number of anilines is 2. The molecule has 2 aromatic heterocycles. The number of alkyl halides is 1. The molecule has 12 heteroatoms. The molecule has 21 heavy (non-hydrogen) atoms. The van der Waals surface area contributed by atoms with Crippen LogP contribution >= 0.6 is 7.60 Å². The van der Waals surface area contributed by atoms with E-state index in [1.165, 1.54) is 10.9 Å². The van der Waals surface area contributed by atoms with E-state index in [0.29, 0.717) is 11.2 Å². The highest BCUT2D eigenvalue weighted by molar-refractivity contribution is 7.51. The minimum atomic E-state index is -4.37. The molecule has 0 saturated heterocycles. The maximum Gasteiger partial charge on any atom is 0.350 e. The van der Waals surface area contributed by atoms with Crippen LogP contribution in [0, 0.1) is 0 Å². The van der Waals surface area contributed by atoms with Crippen molar-refractivity contribution < 1.29 is 23.5 Å². The molecule has 0 aliphatic heterocycles. The number of fused-ring (bicyclic) bond motifs is 1. The molecular weight excluding hydrogens is 306 g/mol. The smallest absolute Gasteiger partial charge is 0.350 e. The quantitative estimate of drug-likeness (QED) is 0.513. The zero-order valence-corrected chi connectivity index (χ0v) is 11.7. The number of halogens is 1. The summed E-state index contributed by atoms with van der Waals surface area (Å²) in [6.07, 6.45) is -0.584. The molecule has 0 spiro atoms. The molecule has 0 radical (unpaired) electrons. The van der Waals surface area contributed by atoms with Crippen LogP contribution in [0.3, 0.4) is 0 Å². The van der Waals surface area contributed by atoms with Gasteiger partial charge in [0.15, 0.2) is 11.5 Å². The fraction of sp³-hybridized carbons (Fsp3) is 0.444. The first kappa shape index (κ1) is 15.6. The maximum atomic E-state index is 12.9. The van der Waals surface area contributed by atoms with Crippen LogP contribution < -0.4 is 11.5 Å². The zero-order chi connectivity index (χ0) is 15.6. The zero-order valence-electron chi connectivity index (χ0n) is 10.8. The van der Waals surface area contributed by atoms with Gasteiger partial charge in [-0.25, -0.2) is 9.37 Å². The van der Waals surface area contributed by atoms with E-state index in [4.69, 9.17) is 26.0 Å². The highest BCUT2D eigenvalue weighted by Crippen LogP contribution is 2.34. The normalized spacial score (nSPS) is 13.7. The number of hydrogen-bond donors (Lipinski definition) is 4. The standard InChI is InChI=1S/C9H14FN6O4P/c10-1-5(20-4-21(17,18)19)2-16-3-13-6-7(11)14-9(12)15-8(6)16/h3,5H,1-2,4H2,(H2,17,18,19)(H4,11,12,14,15)/t5-/m0/s1. The Kier molecular flexibility index (Phi) is 4.37. The van der Waals surface area contributed by atoms with Crippen LogP contribution in [-0.2, 0) is 15.8 Å². The van der Waals surface area contributed by atoms with Crippen molar-refractivity contribution >= 4 is 30.5 Å². The number of imidazole rings is 1. The lowest BCUT2D eigenvalue weighted by molar-refractivity contribution is 0.0445. The number of rotatable bonds is 6. The monoisotopic (exact) mass is 320 g/mol. The summed E-state index contributed by atoms with van der Waals surface area (Å²) in [5.74, 6) is 0.0267. The van der Waals surface area contributed by atoms with Crippen molar-refractivity contribution in [1.82, 2.24) is 19.5 Å². The molecule has 0 aromatic carbocycles. The Morgan fingerprint density at radius 2 is 2.14 bits per heavy atom. The average Bonchev–Trinajstić information content (AvgIpc) is 2.76. The molecule has 2 aromatic rings. The van der Waals surface area contributed by atoms with Crippen LogP contribution in [0.25, 0.3) is 11.2 Å². The fourth-order valence-corrected chi connectivity index (χ4v) is 2.09. The average molecular weight is 320 g/mol. The Hall–Kier alpha value is -1.81. The van der Waals surface area contributed by atoms with Gasteiger partial charge >= 0.3 is 7.60 Å². The molecule has 116 valence electrons. The van der Waals surface area contributed by atoms with Gasteiger partial charge in [0.2, 0.25) is 5.95 Å². The molecule has 0 fully saturated rings. The molecule has 2 heterocycles. The van der Waals surface area contributed by atoms with Crippen LogP contribution in [0.5, 0.6) is 0 Å². The topological polar surface area (TPSA) is 162 Å². The summed E-state index contributed by atoms with van der Waals surface area (Å²) in [4.78, 5) is 29.1. The summed E-state index contributed by atoms with van der Waals surface area (Å²) in [7, 11) is -4.37. The lowest BCUT2D eigenvalue weighted by Crippen LogP contribution is -2.23. The lowest BCUT2D eigenvalue weighted by atomic mass is 10.4. The first-order chi connectivity index (χ1) is 9.80. The predicted molar refractivity (Wildman–Crippen MR) is 71.9 cm³/mol. The van der Waals surface area contributed by atoms with Crippen molar-refractivity contribution in [3.05, 3.63) is 6.33 Å². The number of nitrogens with zero attached hydrogens (tertiary/aromatic N) is 4. The molecule has 0 bridgehead atoms. The molecule has 0 saturated carbocycles. The molecule has 1 atom stereocenters. The van der Waals surface area contributed by atoms with Gasteiger partial charge in [0.25, 0.3) is 0 Å². The van der Waals surface area contributed by atoms with Gasteiger partial charge in [-0.3, -0.25) is 4.57 Å². The van der Waals surface area contributed by atoms with E-state index in [0.717, 1.165) is 0 Å². The highest BCUT2D eigenvalue weighted by atomic mass is 31.2. The van der Waals surface area contributed by atoms with Crippen molar-refractivity contribution in [3.63, 3.8) is 0 Å². The number of hydrogen-bond acceptors (Lipinski definition) is 7. The Labute approximate surface area is 118 Å². The van der Waals surface area contributed by atoms with E-state index >= 15 is 0 Å². The van der Waals surface area contributed by atoms with Gasteiger partial charge in [0.1, 0.15) is 24.6 Å². The second kappa shape index (κ2) is 5.90. The SMILES string of the molecule is Nc1nc(N)c2ncn(C[C@H](CF)OCP(=O)(O)O)c2n1. The molecule has 0 amide bonds. The fourth-order valence-electron chi connectivity index (χ4n) is 1.69. The summed E-state index contributed by atoms with van der Waals surface area (Å²) >= 11 is 0. The second-order valence-electron chi connectivity index (χ2n) is 4.27. The minimum Gasteiger partial charge on any atom is -0.382 e. The van der Waals surface area contributed by atoms with Crippen LogP contribution in [0.4, 0.5) is 16.2 Å². The highest BCUT2D eigenvalue weighted by Gasteiger charge is 2.20. The van der Waals surface area contributed by atoms with Crippen molar-refractivity contribution in [2.75, 3.05) is 24.5 Å².